The maximum atomic E-state index is 13.2. The number of halogens is 1. The van der Waals surface area contributed by atoms with Crippen molar-refractivity contribution < 1.29 is 14.3 Å². The van der Waals surface area contributed by atoms with E-state index in [1.54, 1.807) is 22.8 Å². The summed E-state index contributed by atoms with van der Waals surface area (Å²) in [5.41, 5.74) is 6.83. The van der Waals surface area contributed by atoms with Crippen LogP contribution in [-0.4, -0.2) is 24.3 Å². The second-order valence-corrected chi connectivity index (χ2v) is 7.89. The van der Waals surface area contributed by atoms with E-state index in [9.17, 15) is 9.59 Å². The third kappa shape index (κ3) is 5.26. The van der Waals surface area contributed by atoms with Crippen molar-refractivity contribution in [1.82, 2.24) is 4.57 Å². The number of hydrogen-bond donors (Lipinski definition) is 1. The minimum Gasteiger partial charge on any atom is -0.491 e. The van der Waals surface area contributed by atoms with Crippen molar-refractivity contribution >= 4 is 29.1 Å². The van der Waals surface area contributed by atoms with E-state index >= 15 is 0 Å². The molecule has 2 aromatic rings. The quantitative estimate of drug-likeness (QED) is 0.553. The van der Waals surface area contributed by atoms with E-state index in [4.69, 9.17) is 15.2 Å². The molecule has 0 amide bonds. The van der Waals surface area contributed by atoms with Crippen LogP contribution in [0.5, 0.6) is 5.75 Å². The van der Waals surface area contributed by atoms with Crippen LogP contribution in [-0.2, 0) is 17.8 Å². The van der Waals surface area contributed by atoms with E-state index in [0.29, 0.717) is 40.9 Å². The Labute approximate surface area is 172 Å². The number of nitrogens with two attached hydrogens (primary N) is 1. The number of nitrogens with zero attached hydrogens (tertiary/aromatic N) is 1. The first-order valence-corrected chi connectivity index (χ1v) is 9.34. The Balaban J connectivity index is 0.00000392. The van der Waals surface area contributed by atoms with Crippen LogP contribution < -0.4 is 16.0 Å². The van der Waals surface area contributed by atoms with Gasteiger partial charge in [0.2, 0.25) is 0 Å². The van der Waals surface area contributed by atoms with Gasteiger partial charge in [0.1, 0.15) is 5.75 Å². The molecule has 2 N–H and O–H groups in total. The molecule has 0 unspecified atom stereocenters. The van der Waals surface area contributed by atoms with Crippen molar-refractivity contribution in [2.75, 3.05) is 13.7 Å². The first kappa shape index (κ1) is 24.0. The second-order valence-electron chi connectivity index (χ2n) is 7.89. The highest BCUT2D eigenvalue weighted by Gasteiger charge is 2.22. The molecule has 0 fully saturated rings. The maximum absolute atomic E-state index is 13.2. The first-order chi connectivity index (χ1) is 12.7. The van der Waals surface area contributed by atoms with Gasteiger partial charge in [-0.1, -0.05) is 34.1 Å². The van der Waals surface area contributed by atoms with Crippen LogP contribution in [0.25, 0.3) is 10.8 Å². The largest absolute Gasteiger partial charge is 0.491 e. The van der Waals surface area contributed by atoms with Crippen LogP contribution >= 0.6 is 12.4 Å². The Bertz CT molecular complexity index is 885. The zero-order valence-electron chi connectivity index (χ0n) is 17.3. The summed E-state index contributed by atoms with van der Waals surface area (Å²) in [7, 11) is 1.33. The van der Waals surface area contributed by atoms with Gasteiger partial charge in [0.25, 0.3) is 5.56 Å². The fraction of sp³-hybridized carbons (Fsp3) is 0.524. The summed E-state index contributed by atoms with van der Waals surface area (Å²) in [5, 5.41) is 1.11. The summed E-state index contributed by atoms with van der Waals surface area (Å²) in [4.78, 5) is 25.1. The predicted molar refractivity (Wildman–Crippen MR) is 115 cm³/mol. The predicted octanol–water partition coefficient (Wildman–Crippen LogP) is 3.89. The molecule has 2 rings (SSSR count). The van der Waals surface area contributed by atoms with Gasteiger partial charge < -0.3 is 19.8 Å². The molecule has 0 saturated heterocycles. The Morgan fingerprint density at radius 2 is 1.89 bits per heavy atom. The number of carbonyl (C=O) groups is 1. The van der Waals surface area contributed by atoms with E-state index in [-0.39, 0.29) is 29.9 Å². The molecular formula is C21H31ClN2O4. The molecule has 156 valence electrons. The number of methoxy groups -OCH3 is 1. The monoisotopic (exact) mass is 410 g/mol. The molecule has 0 saturated carbocycles. The molecule has 0 aliphatic rings. The van der Waals surface area contributed by atoms with Crippen molar-refractivity contribution in [3.63, 3.8) is 0 Å². The van der Waals surface area contributed by atoms with E-state index in [2.05, 4.69) is 27.7 Å². The zero-order valence-corrected chi connectivity index (χ0v) is 18.1. The van der Waals surface area contributed by atoms with Gasteiger partial charge in [0, 0.05) is 18.5 Å². The van der Waals surface area contributed by atoms with Gasteiger partial charge >= 0.3 is 5.97 Å². The fourth-order valence-corrected chi connectivity index (χ4v) is 3.03. The topological polar surface area (TPSA) is 83.5 Å². The van der Waals surface area contributed by atoms with Gasteiger partial charge in [0.15, 0.2) is 0 Å². The van der Waals surface area contributed by atoms with Crippen LogP contribution in [0.15, 0.2) is 23.0 Å². The Hall–Kier alpha value is -2.05. The lowest BCUT2D eigenvalue weighted by molar-refractivity contribution is 0.0601. The molecular weight excluding hydrogens is 380 g/mol. The lowest BCUT2D eigenvalue weighted by atomic mass is 9.96. The third-order valence-electron chi connectivity index (χ3n) is 4.32. The van der Waals surface area contributed by atoms with E-state index in [0.717, 1.165) is 12.8 Å². The third-order valence-corrected chi connectivity index (χ3v) is 4.32. The minimum absolute atomic E-state index is 0. The van der Waals surface area contributed by atoms with Gasteiger partial charge in [-0.3, -0.25) is 4.79 Å². The molecule has 0 spiro atoms. The van der Waals surface area contributed by atoms with Crippen LogP contribution in [0.3, 0.4) is 0 Å². The number of pyridine rings is 1. The van der Waals surface area contributed by atoms with E-state index in [1.807, 2.05) is 0 Å². The summed E-state index contributed by atoms with van der Waals surface area (Å²) >= 11 is 0. The van der Waals surface area contributed by atoms with Gasteiger partial charge in [-0.2, -0.15) is 0 Å². The van der Waals surface area contributed by atoms with Crippen LogP contribution in [0.1, 0.15) is 56.6 Å². The highest BCUT2D eigenvalue weighted by atomic mass is 35.5. The highest BCUT2D eigenvalue weighted by molar-refractivity contribution is 5.97. The molecule has 1 heterocycles. The van der Waals surface area contributed by atoms with E-state index < -0.39 is 5.97 Å². The normalized spacial score (nSPS) is 11.2. The van der Waals surface area contributed by atoms with Crippen LogP contribution in [0, 0.1) is 5.41 Å². The SMILES string of the molecule is CCCCOc1c(CN)n(CC(C)(C)C)c(=O)c2ccc(C(=O)OC)cc12.Cl. The number of rotatable bonds is 7. The Morgan fingerprint density at radius 3 is 2.43 bits per heavy atom. The molecule has 1 aromatic heterocycles. The average molecular weight is 411 g/mol. The van der Waals surface area contributed by atoms with Crippen molar-refractivity contribution in [2.45, 2.75) is 53.6 Å². The summed E-state index contributed by atoms with van der Waals surface area (Å²) in [6.07, 6.45) is 1.88. The van der Waals surface area contributed by atoms with Crippen molar-refractivity contribution in [1.29, 1.82) is 0 Å². The maximum Gasteiger partial charge on any atom is 0.337 e. The summed E-state index contributed by atoms with van der Waals surface area (Å²) in [6, 6.07) is 4.93. The van der Waals surface area contributed by atoms with Gasteiger partial charge in [0.05, 0.1) is 30.4 Å². The second kappa shape index (κ2) is 9.94. The van der Waals surface area contributed by atoms with Crippen molar-refractivity contribution in [3.05, 3.63) is 39.8 Å². The average Bonchev–Trinajstić information content (AvgIpc) is 2.63. The van der Waals surface area contributed by atoms with Crippen molar-refractivity contribution in [3.8, 4) is 5.75 Å². The molecule has 0 atom stereocenters. The Kier molecular flexibility index (Phi) is 8.51. The molecule has 0 aliphatic carbocycles. The number of unbranched alkanes of at least 4 members (excludes halogenated alkanes) is 1. The highest BCUT2D eigenvalue weighted by Crippen LogP contribution is 2.30. The first-order valence-electron chi connectivity index (χ1n) is 9.34. The number of ether oxygens (including phenoxy) is 2. The molecule has 28 heavy (non-hydrogen) atoms. The lowest BCUT2D eigenvalue weighted by Gasteiger charge is -2.25. The fourth-order valence-electron chi connectivity index (χ4n) is 3.03. The van der Waals surface area contributed by atoms with Crippen molar-refractivity contribution in [2.24, 2.45) is 11.1 Å². The molecule has 6 nitrogen and oxygen atoms in total. The van der Waals surface area contributed by atoms with Gasteiger partial charge in [-0.15, -0.1) is 12.4 Å². The minimum atomic E-state index is -0.454. The molecule has 7 heteroatoms. The summed E-state index contributed by atoms with van der Waals surface area (Å²) in [6.45, 7) is 9.52. The van der Waals surface area contributed by atoms with Crippen LogP contribution in [0.2, 0.25) is 0 Å². The number of carbonyl (C=O) groups excluding carboxylic acids is 1. The molecule has 0 bridgehead atoms. The molecule has 0 radical (unpaired) electrons. The molecule has 1 aromatic carbocycles. The standard InChI is InChI=1S/C21H30N2O4.ClH/c1-6-7-10-27-18-16-11-14(20(25)26-5)8-9-15(16)19(24)23(17(18)12-22)13-21(2,3)4;/h8-9,11H,6-7,10,12-13,22H2,1-5H3;1H. The zero-order chi connectivity index (χ0) is 20.2. The molecule has 0 aliphatic heterocycles. The van der Waals surface area contributed by atoms with Gasteiger partial charge in [-0.05, 0) is 30.0 Å². The van der Waals surface area contributed by atoms with Gasteiger partial charge in [-0.25, -0.2) is 4.79 Å². The number of hydrogen-bond acceptors (Lipinski definition) is 5. The Morgan fingerprint density at radius 1 is 1.21 bits per heavy atom. The lowest BCUT2D eigenvalue weighted by Crippen LogP contribution is -2.31. The number of aromatic nitrogens is 1. The number of fused-ring (bicyclic) bond motifs is 1. The summed E-state index contributed by atoms with van der Waals surface area (Å²) < 4.78 is 12.6. The summed E-state index contributed by atoms with van der Waals surface area (Å²) in [5.74, 6) is 0.125. The number of esters is 1. The smallest absolute Gasteiger partial charge is 0.337 e. The van der Waals surface area contributed by atoms with E-state index in [1.165, 1.54) is 7.11 Å². The van der Waals surface area contributed by atoms with Crippen LogP contribution in [0.4, 0.5) is 0 Å². The number of benzene rings is 1.